The van der Waals surface area contributed by atoms with E-state index in [9.17, 15) is 4.79 Å². The monoisotopic (exact) mass is 372 g/mol. The molecule has 6 heteroatoms. The molecule has 1 fully saturated rings. The highest BCUT2D eigenvalue weighted by Gasteiger charge is 2.25. The summed E-state index contributed by atoms with van der Waals surface area (Å²) in [5, 5.41) is 12.6. The van der Waals surface area contributed by atoms with Crippen molar-refractivity contribution < 1.29 is 4.79 Å². The van der Waals surface area contributed by atoms with Gasteiger partial charge >= 0.3 is 0 Å². The maximum absolute atomic E-state index is 12.2. The molecule has 1 amide bonds. The summed E-state index contributed by atoms with van der Waals surface area (Å²) < 4.78 is 2.11. The molecule has 0 radical (unpaired) electrons. The summed E-state index contributed by atoms with van der Waals surface area (Å²) in [5.41, 5.74) is 2.49. The summed E-state index contributed by atoms with van der Waals surface area (Å²) >= 11 is 1.54. The Morgan fingerprint density at radius 3 is 2.58 bits per heavy atom. The van der Waals surface area contributed by atoms with Gasteiger partial charge in [0.15, 0.2) is 11.0 Å². The van der Waals surface area contributed by atoms with Crippen molar-refractivity contribution in [1.29, 1.82) is 0 Å². The number of amides is 1. The van der Waals surface area contributed by atoms with E-state index in [1.165, 1.54) is 17.3 Å². The number of rotatable bonds is 4. The van der Waals surface area contributed by atoms with Crippen LogP contribution < -0.4 is 5.32 Å². The summed E-state index contributed by atoms with van der Waals surface area (Å²) in [7, 11) is 0. The average molecular weight is 373 g/mol. The molecular formula is C20H28N4OS. The van der Waals surface area contributed by atoms with Crippen LogP contribution >= 0.6 is 11.8 Å². The first kappa shape index (κ1) is 19.0. The van der Waals surface area contributed by atoms with Crippen LogP contribution in [0.2, 0.25) is 0 Å². The van der Waals surface area contributed by atoms with Crippen LogP contribution in [0.3, 0.4) is 0 Å². The van der Waals surface area contributed by atoms with Crippen LogP contribution in [0.4, 0.5) is 0 Å². The van der Waals surface area contributed by atoms with E-state index in [4.69, 9.17) is 0 Å². The third-order valence-electron chi connectivity index (χ3n) is 4.77. The number of aromatic nitrogens is 3. The Bertz CT molecular complexity index is 761. The largest absolute Gasteiger partial charge is 0.355 e. The fourth-order valence-electron chi connectivity index (χ4n) is 3.14. The van der Waals surface area contributed by atoms with E-state index in [-0.39, 0.29) is 16.6 Å². The number of nitrogens with zero attached hydrogens (tertiary/aromatic N) is 3. The molecule has 0 aliphatic carbocycles. The lowest BCUT2D eigenvalue weighted by Gasteiger charge is -2.19. The normalized spacial score (nSPS) is 18.5. The van der Waals surface area contributed by atoms with Gasteiger partial charge in [0.2, 0.25) is 5.91 Å². The van der Waals surface area contributed by atoms with Gasteiger partial charge in [0.1, 0.15) is 0 Å². The second-order valence-corrected chi connectivity index (χ2v) is 8.94. The summed E-state index contributed by atoms with van der Waals surface area (Å²) in [6.45, 7) is 10.3. The minimum Gasteiger partial charge on any atom is -0.355 e. The van der Waals surface area contributed by atoms with E-state index in [0.29, 0.717) is 0 Å². The fraction of sp³-hybridized carbons (Fsp3) is 0.550. The zero-order valence-electron chi connectivity index (χ0n) is 16.1. The van der Waals surface area contributed by atoms with Crippen molar-refractivity contribution in [3.05, 3.63) is 29.8 Å². The van der Waals surface area contributed by atoms with Gasteiger partial charge in [-0.25, -0.2) is 0 Å². The molecule has 0 bridgehead atoms. The van der Waals surface area contributed by atoms with Gasteiger partial charge in [-0.05, 0) is 30.7 Å². The van der Waals surface area contributed by atoms with E-state index < -0.39 is 0 Å². The fourth-order valence-corrected chi connectivity index (χ4v) is 4.30. The first-order valence-electron chi connectivity index (χ1n) is 9.38. The number of nitrogens with one attached hydrogen (secondary N) is 1. The zero-order chi connectivity index (χ0) is 18.7. The van der Waals surface area contributed by atoms with Gasteiger partial charge in [-0.2, -0.15) is 0 Å². The van der Waals surface area contributed by atoms with Crippen LogP contribution in [0.5, 0.6) is 0 Å². The second kappa shape index (κ2) is 7.82. The van der Waals surface area contributed by atoms with Gasteiger partial charge in [0.25, 0.3) is 0 Å². The Labute approximate surface area is 160 Å². The van der Waals surface area contributed by atoms with Crippen LogP contribution in [0.25, 0.3) is 11.4 Å². The van der Waals surface area contributed by atoms with E-state index in [2.05, 4.69) is 72.0 Å². The topological polar surface area (TPSA) is 59.8 Å². The van der Waals surface area contributed by atoms with E-state index in [1.54, 1.807) is 0 Å². The van der Waals surface area contributed by atoms with Crippen LogP contribution in [0, 0.1) is 0 Å². The van der Waals surface area contributed by atoms with E-state index in [1.807, 2.05) is 0 Å². The minimum atomic E-state index is -0.0804. The van der Waals surface area contributed by atoms with Crippen LogP contribution in [-0.2, 0) is 16.8 Å². The highest BCUT2D eigenvalue weighted by atomic mass is 32.2. The van der Waals surface area contributed by atoms with Gasteiger partial charge < -0.3 is 9.88 Å². The molecule has 140 valence electrons. The lowest BCUT2D eigenvalue weighted by molar-refractivity contribution is -0.120. The van der Waals surface area contributed by atoms with Crippen molar-refractivity contribution in [3.8, 4) is 11.4 Å². The highest BCUT2D eigenvalue weighted by molar-refractivity contribution is 8.00. The van der Waals surface area contributed by atoms with Crippen molar-refractivity contribution in [2.45, 2.75) is 69.3 Å². The smallest absolute Gasteiger partial charge is 0.233 e. The maximum atomic E-state index is 12.2. The van der Waals surface area contributed by atoms with E-state index in [0.717, 1.165) is 48.9 Å². The average Bonchev–Trinajstić information content (AvgIpc) is 2.90. The molecule has 1 aliphatic heterocycles. The molecule has 0 saturated carbocycles. The molecule has 1 N–H and O–H groups in total. The van der Waals surface area contributed by atoms with Crippen molar-refractivity contribution in [3.63, 3.8) is 0 Å². The molecule has 3 rings (SSSR count). The Morgan fingerprint density at radius 2 is 1.92 bits per heavy atom. The van der Waals surface area contributed by atoms with Gasteiger partial charge in [0, 0.05) is 18.7 Å². The van der Waals surface area contributed by atoms with Gasteiger partial charge in [-0.1, -0.05) is 63.2 Å². The molecule has 0 spiro atoms. The summed E-state index contributed by atoms with van der Waals surface area (Å²) in [6.07, 6.45) is 3.01. The van der Waals surface area contributed by atoms with Gasteiger partial charge in [-0.15, -0.1) is 10.2 Å². The molecule has 1 saturated heterocycles. The zero-order valence-corrected chi connectivity index (χ0v) is 16.9. The number of hydrogen-bond donors (Lipinski definition) is 1. The summed E-state index contributed by atoms with van der Waals surface area (Å²) in [6, 6.07) is 8.55. The van der Waals surface area contributed by atoms with E-state index >= 15 is 0 Å². The first-order chi connectivity index (χ1) is 12.4. The Kier molecular flexibility index (Phi) is 5.70. The lowest BCUT2D eigenvalue weighted by atomic mass is 9.87. The van der Waals surface area contributed by atoms with Crippen molar-refractivity contribution in [1.82, 2.24) is 20.1 Å². The molecule has 1 atom stereocenters. The highest BCUT2D eigenvalue weighted by Crippen LogP contribution is 2.31. The molecule has 26 heavy (non-hydrogen) atoms. The number of hydrogen-bond acceptors (Lipinski definition) is 4. The lowest BCUT2D eigenvalue weighted by Crippen LogP contribution is -2.30. The molecular weight excluding hydrogens is 344 g/mol. The second-order valence-electron chi connectivity index (χ2n) is 7.77. The molecule has 2 aromatic rings. The predicted molar refractivity (Wildman–Crippen MR) is 106 cm³/mol. The maximum Gasteiger partial charge on any atom is 0.233 e. The van der Waals surface area contributed by atoms with Crippen LogP contribution in [0.1, 0.15) is 52.5 Å². The Hall–Kier alpha value is -1.82. The molecule has 1 aliphatic rings. The standard InChI is InChI=1S/C20H28N4OS/c1-5-24-17(14-9-11-15(12-10-14)20(2,3)4)22-23-19(24)26-16-8-6-7-13-21-18(16)25/h9-12,16H,5-8,13H2,1-4H3,(H,21,25). The van der Waals surface area contributed by atoms with Crippen molar-refractivity contribution >= 4 is 17.7 Å². The molecule has 2 heterocycles. The van der Waals surface area contributed by atoms with Crippen molar-refractivity contribution in [2.75, 3.05) is 6.54 Å². The summed E-state index contributed by atoms with van der Waals surface area (Å²) in [5.74, 6) is 0.985. The molecule has 1 aromatic carbocycles. The van der Waals surface area contributed by atoms with Gasteiger partial charge in [0.05, 0.1) is 5.25 Å². The van der Waals surface area contributed by atoms with Crippen LogP contribution in [0.15, 0.2) is 29.4 Å². The third-order valence-corrected chi connectivity index (χ3v) is 6.02. The Balaban J connectivity index is 1.85. The number of carbonyl (C=O) groups excluding carboxylic acids is 1. The van der Waals surface area contributed by atoms with Crippen LogP contribution in [-0.4, -0.2) is 32.5 Å². The number of benzene rings is 1. The minimum absolute atomic E-state index is 0.0804. The number of carbonyl (C=O) groups is 1. The quantitative estimate of drug-likeness (QED) is 0.880. The first-order valence-corrected chi connectivity index (χ1v) is 10.3. The Morgan fingerprint density at radius 1 is 1.19 bits per heavy atom. The summed E-state index contributed by atoms with van der Waals surface area (Å²) in [4.78, 5) is 12.2. The van der Waals surface area contributed by atoms with Crippen molar-refractivity contribution in [2.24, 2.45) is 0 Å². The molecule has 1 aromatic heterocycles. The SMILES string of the molecule is CCn1c(SC2CCCCNC2=O)nnc1-c1ccc(C(C)(C)C)cc1. The molecule has 5 nitrogen and oxygen atoms in total. The predicted octanol–water partition coefficient (Wildman–Crippen LogP) is 4.02. The number of thioether (sulfide) groups is 1. The molecule has 1 unspecified atom stereocenters. The van der Waals surface area contributed by atoms with Gasteiger partial charge in [-0.3, -0.25) is 4.79 Å². The third kappa shape index (κ3) is 4.11.